The van der Waals surface area contributed by atoms with E-state index >= 15 is 0 Å². The van der Waals surface area contributed by atoms with E-state index in [1.165, 1.54) is 43.1 Å². The molecule has 1 atom stereocenters. The van der Waals surface area contributed by atoms with Crippen LogP contribution in [-0.4, -0.2) is 26.8 Å². The first-order chi connectivity index (χ1) is 11.3. The standard InChI is InChI=1S/C17H20FN3O3/c1-4-14(11-5-7-12(18)8-6-11)15(22)20-13-9-19-21(10-13)17(2,3)16(23)24/h5-10,14H,4H2,1-3H3,(H,20,22)(H,23,24). The molecule has 0 spiro atoms. The van der Waals surface area contributed by atoms with Gasteiger partial charge in [-0.1, -0.05) is 19.1 Å². The molecule has 6 nitrogen and oxygen atoms in total. The minimum absolute atomic E-state index is 0.253. The number of amides is 1. The molecule has 0 aliphatic rings. The summed E-state index contributed by atoms with van der Waals surface area (Å²) in [6, 6.07) is 5.80. The van der Waals surface area contributed by atoms with Crippen LogP contribution in [-0.2, 0) is 15.1 Å². The quantitative estimate of drug-likeness (QED) is 0.851. The second kappa shape index (κ2) is 6.82. The lowest BCUT2D eigenvalue weighted by Crippen LogP contribution is -2.35. The summed E-state index contributed by atoms with van der Waals surface area (Å²) in [6.45, 7) is 4.90. The van der Waals surface area contributed by atoms with Crippen molar-refractivity contribution in [2.24, 2.45) is 0 Å². The van der Waals surface area contributed by atoms with Crippen LogP contribution >= 0.6 is 0 Å². The number of carbonyl (C=O) groups excluding carboxylic acids is 1. The summed E-state index contributed by atoms with van der Waals surface area (Å²) < 4.78 is 14.3. The van der Waals surface area contributed by atoms with Crippen molar-refractivity contribution in [3.8, 4) is 0 Å². The van der Waals surface area contributed by atoms with Gasteiger partial charge in [-0.2, -0.15) is 5.10 Å². The molecule has 0 bridgehead atoms. The Morgan fingerprint density at radius 1 is 1.33 bits per heavy atom. The number of aliphatic carboxylic acids is 1. The van der Waals surface area contributed by atoms with Crippen molar-refractivity contribution in [3.63, 3.8) is 0 Å². The normalized spacial score (nSPS) is 12.7. The van der Waals surface area contributed by atoms with Crippen LogP contribution < -0.4 is 5.32 Å². The lowest BCUT2D eigenvalue weighted by atomic mass is 9.95. The Labute approximate surface area is 139 Å². The van der Waals surface area contributed by atoms with E-state index in [2.05, 4.69) is 10.4 Å². The SMILES string of the molecule is CCC(C(=O)Nc1cnn(C(C)(C)C(=O)O)c1)c1ccc(F)cc1. The summed E-state index contributed by atoms with van der Waals surface area (Å²) in [5.41, 5.74) is -0.0890. The maximum absolute atomic E-state index is 13.0. The fourth-order valence-corrected chi connectivity index (χ4v) is 2.29. The van der Waals surface area contributed by atoms with Crippen LogP contribution in [0.3, 0.4) is 0 Å². The van der Waals surface area contributed by atoms with Gasteiger partial charge in [0.05, 0.1) is 17.8 Å². The first-order valence-electron chi connectivity index (χ1n) is 7.60. The van der Waals surface area contributed by atoms with Gasteiger partial charge in [0.1, 0.15) is 5.82 Å². The van der Waals surface area contributed by atoms with Crippen molar-refractivity contribution in [2.75, 3.05) is 5.32 Å². The molecule has 0 fully saturated rings. The minimum Gasteiger partial charge on any atom is -0.479 e. The molecule has 2 aromatic rings. The molecule has 1 heterocycles. The third-order valence-corrected chi connectivity index (χ3v) is 3.94. The monoisotopic (exact) mass is 333 g/mol. The number of rotatable bonds is 6. The van der Waals surface area contributed by atoms with Gasteiger partial charge in [0.25, 0.3) is 0 Å². The third-order valence-electron chi connectivity index (χ3n) is 3.94. The number of nitrogens with one attached hydrogen (secondary N) is 1. The Morgan fingerprint density at radius 2 is 1.96 bits per heavy atom. The van der Waals surface area contributed by atoms with Crippen molar-refractivity contribution < 1.29 is 19.1 Å². The Balaban J connectivity index is 2.15. The molecule has 128 valence electrons. The second-order valence-electron chi connectivity index (χ2n) is 6.04. The molecule has 1 amide bonds. The predicted octanol–water partition coefficient (Wildman–Crippen LogP) is 2.97. The number of aromatic nitrogens is 2. The van der Waals surface area contributed by atoms with E-state index < -0.39 is 17.4 Å². The van der Waals surface area contributed by atoms with Crippen molar-refractivity contribution in [2.45, 2.75) is 38.6 Å². The number of carboxylic acid groups (broad SMARTS) is 1. The first-order valence-corrected chi connectivity index (χ1v) is 7.60. The zero-order valence-electron chi connectivity index (χ0n) is 13.8. The van der Waals surface area contributed by atoms with E-state index in [-0.39, 0.29) is 11.7 Å². The third kappa shape index (κ3) is 3.61. The number of halogens is 1. The van der Waals surface area contributed by atoms with Crippen molar-refractivity contribution in [3.05, 3.63) is 48.0 Å². The fourth-order valence-electron chi connectivity index (χ4n) is 2.29. The topological polar surface area (TPSA) is 84.2 Å². The fraction of sp³-hybridized carbons (Fsp3) is 0.353. The summed E-state index contributed by atoms with van der Waals surface area (Å²) in [4.78, 5) is 23.7. The summed E-state index contributed by atoms with van der Waals surface area (Å²) in [5.74, 6) is -2.06. The zero-order valence-corrected chi connectivity index (χ0v) is 13.8. The number of hydrogen-bond acceptors (Lipinski definition) is 3. The molecule has 0 aliphatic carbocycles. The van der Waals surface area contributed by atoms with Crippen molar-refractivity contribution in [1.29, 1.82) is 0 Å². The van der Waals surface area contributed by atoms with E-state index in [9.17, 15) is 19.1 Å². The smallest absolute Gasteiger partial charge is 0.331 e. The van der Waals surface area contributed by atoms with Crippen LogP contribution in [0.1, 0.15) is 38.7 Å². The van der Waals surface area contributed by atoms with Gasteiger partial charge in [-0.25, -0.2) is 9.18 Å². The van der Waals surface area contributed by atoms with Crippen LogP contribution in [0.2, 0.25) is 0 Å². The maximum Gasteiger partial charge on any atom is 0.331 e. The molecule has 1 aromatic carbocycles. The van der Waals surface area contributed by atoms with Gasteiger partial charge >= 0.3 is 5.97 Å². The summed E-state index contributed by atoms with van der Waals surface area (Å²) >= 11 is 0. The Bertz CT molecular complexity index is 738. The Kier molecular flexibility index (Phi) is 5.02. The molecular weight excluding hydrogens is 313 g/mol. The van der Waals surface area contributed by atoms with Gasteiger partial charge < -0.3 is 10.4 Å². The number of hydrogen-bond donors (Lipinski definition) is 2. The van der Waals surface area contributed by atoms with Gasteiger partial charge in [0.15, 0.2) is 5.54 Å². The van der Waals surface area contributed by atoms with Crippen molar-refractivity contribution >= 4 is 17.6 Å². The van der Waals surface area contributed by atoms with Crippen LogP contribution in [0.25, 0.3) is 0 Å². The largest absolute Gasteiger partial charge is 0.479 e. The highest BCUT2D eigenvalue weighted by atomic mass is 19.1. The van der Waals surface area contributed by atoms with Gasteiger partial charge in [-0.3, -0.25) is 9.48 Å². The Hall–Kier alpha value is -2.70. The first kappa shape index (κ1) is 17.7. The van der Waals surface area contributed by atoms with Gasteiger partial charge in [0, 0.05) is 6.20 Å². The number of carboxylic acids is 1. The highest BCUT2D eigenvalue weighted by Crippen LogP contribution is 2.23. The van der Waals surface area contributed by atoms with E-state index in [1.54, 1.807) is 12.1 Å². The van der Waals surface area contributed by atoms with Crippen LogP contribution in [0.4, 0.5) is 10.1 Å². The molecule has 0 radical (unpaired) electrons. The number of carbonyl (C=O) groups is 2. The summed E-state index contributed by atoms with van der Waals surface area (Å²) in [5, 5.41) is 15.9. The summed E-state index contributed by atoms with van der Waals surface area (Å²) in [6.07, 6.45) is 3.43. The van der Waals surface area contributed by atoms with Crippen LogP contribution in [0, 0.1) is 5.82 Å². The van der Waals surface area contributed by atoms with Crippen LogP contribution in [0.5, 0.6) is 0 Å². The number of anilines is 1. The molecule has 0 saturated heterocycles. The number of benzene rings is 1. The molecule has 2 N–H and O–H groups in total. The van der Waals surface area contributed by atoms with Gasteiger partial charge in [0.2, 0.25) is 5.91 Å². The molecular formula is C17H20FN3O3. The molecule has 0 saturated carbocycles. The highest BCUT2D eigenvalue weighted by molar-refractivity contribution is 5.95. The highest BCUT2D eigenvalue weighted by Gasteiger charge is 2.30. The number of nitrogens with zero attached hydrogens (tertiary/aromatic N) is 2. The maximum atomic E-state index is 13.0. The lowest BCUT2D eigenvalue weighted by molar-refractivity contribution is -0.146. The molecule has 0 aliphatic heterocycles. The minimum atomic E-state index is -1.22. The van der Waals surface area contributed by atoms with Gasteiger partial charge in [-0.05, 0) is 38.0 Å². The molecule has 2 rings (SSSR count). The average molecular weight is 333 g/mol. The predicted molar refractivity (Wildman–Crippen MR) is 87.2 cm³/mol. The molecule has 24 heavy (non-hydrogen) atoms. The molecule has 1 aromatic heterocycles. The average Bonchev–Trinajstić information content (AvgIpc) is 2.99. The van der Waals surface area contributed by atoms with Crippen molar-refractivity contribution in [1.82, 2.24) is 9.78 Å². The van der Waals surface area contributed by atoms with E-state index in [0.29, 0.717) is 12.1 Å². The lowest BCUT2D eigenvalue weighted by Gasteiger charge is -2.19. The molecule has 7 heteroatoms. The van der Waals surface area contributed by atoms with Gasteiger partial charge in [-0.15, -0.1) is 0 Å². The van der Waals surface area contributed by atoms with E-state index in [1.807, 2.05) is 6.92 Å². The van der Waals surface area contributed by atoms with Crippen LogP contribution in [0.15, 0.2) is 36.7 Å². The second-order valence-corrected chi connectivity index (χ2v) is 6.04. The van der Waals surface area contributed by atoms with E-state index in [0.717, 1.165) is 5.56 Å². The van der Waals surface area contributed by atoms with E-state index in [4.69, 9.17) is 0 Å². The molecule has 1 unspecified atom stereocenters. The Morgan fingerprint density at radius 3 is 2.50 bits per heavy atom. The zero-order chi connectivity index (χ0) is 17.9. The summed E-state index contributed by atoms with van der Waals surface area (Å²) in [7, 11) is 0.